The molecule has 1 rings (SSSR count). The second-order valence-electron chi connectivity index (χ2n) is 1.20. The molecule has 0 bridgehead atoms. The Morgan fingerprint density at radius 2 is 1.90 bits per heavy atom. The minimum Gasteiger partial charge on any atom is -0.386 e. The van der Waals surface area contributed by atoms with Crippen LogP contribution in [0.1, 0.15) is 13.8 Å². The van der Waals surface area contributed by atoms with Gasteiger partial charge in [-0.05, 0) is 15.9 Å². The van der Waals surface area contributed by atoms with Crippen LogP contribution in [-0.4, -0.2) is 11.9 Å². The van der Waals surface area contributed by atoms with Gasteiger partial charge in [0, 0.05) is 6.08 Å². The Labute approximate surface area is 67.2 Å². The van der Waals surface area contributed by atoms with Crippen molar-refractivity contribution in [2.24, 2.45) is 0 Å². The van der Waals surface area contributed by atoms with E-state index in [0.717, 1.165) is 6.08 Å². The van der Waals surface area contributed by atoms with Crippen LogP contribution in [0.25, 0.3) is 0 Å². The lowest BCUT2D eigenvalue weighted by molar-refractivity contribution is -0.150. The monoisotopic (exact) mass is 206 g/mol. The summed E-state index contributed by atoms with van der Waals surface area (Å²) in [6.45, 7) is 4.00. The summed E-state index contributed by atoms with van der Waals surface area (Å²) in [7, 11) is 0. The van der Waals surface area contributed by atoms with Crippen LogP contribution < -0.4 is 0 Å². The fraction of sp³-hybridized carbons (Fsp3) is 0.333. The van der Waals surface area contributed by atoms with Gasteiger partial charge in [-0.1, -0.05) is 13.8 Å². The lowest BCUT2D eigenvalue weighted by Crippen LogP contribution is -1.98. The van der Waals surface area contributed by atoms with E-state index in [0.29, 0.717) is 0 Å². The van der Waals surface area contributed by atoms with Crippen molar-refractivity contribution in [1.29, 1.82) is 0 Å². The van der Waals surface area contributed by atoms with Crippen LogP contribution in [-0.2, 0) is 14.3 Å². The summed E-state index contributed by atoms with van der Waals surface area (Å²) in [4.78, 5) is 20.3. The maximum atomic E-state index is 10.2. The Hall–Kier alpha value is -0.640. The number of rotatable bonds is 0. The number of ether oxygens (including phenoxy) is 1. The van der Waals surface area contributed by atoms with Gasteiger partial charge in [0.1, 0.15) is 4.48 Å². The molecule has 56 valence electrons. The van der Waals surface area contributed by atoms with Crippen molar-refractivity contribution in [3.8, 4) is 0 Å². The van der Waals surface area contributed by atoms with Crippen molar-refractivity contribution < 1.29 is 14.3 Å². The summed E-state index contributed by atoms with van der Waals surface area (Å²) in [6.07, 6.45) is 1.09. The molecule has 0 saturated carbocycles. The van der Waals surface area contributed by atoms with E-state index in [4.69, 9.17) is 0 Å². The highest BCUT2D eigenvalue weighted by atomic mass is 79.9. The third kappa shape index (κ3) is 2.31. The third-order valence-electron chi connectivity index (χ3n) is 0.633. The molecule has 0 N–H and O–H groups in total. The van der Waals surface area contributed by atoms with Gasteiger partial charge in [0.25, 0.3) is 0 Å². The maximum Gasteiger partial charge on any atom is 0.353 e. The SMILES string of the molecule is CC.O=C1C=C(Br)C(=O)O1. The van der Waals surface area contributed by atoms with Gasteiger partial charge in [-0.3, -0.25) is 0 Å². The van der Waals surface area contributed by atoms with Gasteiger partial charge in [0.2, 0.25) is 0 Å². The molecular formula is C6H7BrO3. The first-order chi connectivity index (χ1) is 4.70. The highest BCUT2D eigenvalue weighted by Crippen LogP contribution is 2.13. The molecule has 0 aromatic heterocycles. The van der Waals surface area contributed by atoms with E-state index in [-0.39, 0.29) is 4.48 Å². The standard InChI is InChI=1S/C4HBrO3.C2H6/c5-2-1-3(6)8-4(2)7;1-2/h1H;1-2H3. The molecule has 0 aromatic rings. The summed E-state index contributed by atoms with van der Waals surface area (Å²) < 4.78 is 4.24. The summed E-state index contributed by atoms with van der Waals surface area (Å²) >= 11 is 2.81. The van der Waals surface area contributed by atoms with E-state index >= 15 is 0 Å². The molecule has 0 spiro atoms. The predicted octanol–water partition coefficient (Wildman–Crippen LogP) is 1.37. The van der Waals surface area contributed by atoms with Gasteiger partial charge in [-0.25, -0.2) is 9.59 Å². The molecule has 0 aliphatic carbocycles. The predicted molar refractivity (Wildman–Crippen MR) is 39.5 cm³/mol. The van der Waals surface area contributed by atoms with Crippen LogP contribution in [0.4, 0.5) is 0 Å². The fourth-order valence-electron chi connectivity index (χ4n) is 0.332. The molecule has 1 heterocycles. The molecule has 0 fully saturated rings. The fourth-order valence-corrected chi connectivity index (χ4v) is 0.600. The summed E-state index contributed by atoms with van der Waals surface area (Å²) in [5.74, 6) is -1.23. The Morgan fingerprint density at radius 1 is 1.40 bits per heavy atom. The van der Waals surface area contributed by atoms with E-state index in [1.54, 1.807) is 0 Å². The molecule has 0 atom stereocenters. The minimum absolute atomic E-state index is 0.183. The van der Waals surface area contributed by atoms with E-state index in [1.807, 2.05) is 13.8 Å². The van der Waals surface area contributed by atoms with Crippen LogP contribution in [0, 0.1) is 0 Å². The van der Waals surface area contributed by atoms with Gasteiger partial charge in [-0.2, -0.15) is 0 Å². The van der Waals surface area contributed by atoms with E-state index in [1.165, 1.54) is 0 Å². The maximum absolute atomic E-state index is 10.2. The second kappa shape index (κ2) is 4.22. The first-order valence-electron chi connectivity index (χ1n) is 2.83. The smallest absolute Gasteiger partial charge is 0.353 e. The van der Waals surface area contributed by atoms with Gasteiger partial charge in [0.05, 0.1) is 0 Å². The van der Waals surface area contributed by atoms with Crippen molar-refractivity contribution in [1.82, 2.24) is 0 Å². The average Bonchev–Trinajstić information content (AvgIpc) is 2.16. The van der Waals surface area contributed by atoms with Crippen LogP contribution in [0.5, 0.6) is 0 Å². The normalized spacial score (nSPS) is 15.3. The van der Waals surface area contributed by atoms with Gasteiger partial charge in [0.15, 0.2) is 0 Å². The topological polar surface area (TPSA) is 43.4 Å². The molecule has 0 radical (unpaired) electrons. The Balaban J connectivity index is 0.000000371. The second-order valence-corrected chi connectivity index (χ2v) is 2.06. The molecule has 3 nitrogen and oxygen atoms in total. The molecule has 4 heteroatoms. The van der Waals surface area contributed by atoms with Crippen LogP contribution >= 0.6 is 15.9 Å². The molecule has 0 amide bonds. The minimum atomic E-state index is -0.616. The van der Waals surface area contributed by atoms with Crippen LogP contribution in [0.15, 0.2) is 10.6 Å². The van der Waals surface area contributed by atoms with Crippen LogP contribution in [0.2, 0.25) is 0 Å². The Kier molecular flexibility index (Phi) is 3.95. The number of hydrogen-bond acceptors (Lipinski definition) is 3. The van der Waals surface area contributed by atoms with Gasteiger partial charge >= 0.3 is 11.9 Å². The molecule has 10 heavy (non-hydrogen) atoms. The molecule has 1 aliphatic heterocycles. The van der Waals surface area contributed by atoms with E-state index in [2.05, 4.69) is 20.7 Å². The molecule has 0 saturated heterocycles. The largest absolute Gasteiger partial charge is 0.386 e. The highest BCUT2D eigenvalue weighted by Gasteiger charge is 2.20. The quantitative estimate of drug-likeness (QED) is 0.445. The number of cyclic esters (lactones) is 2. The zero-order chi connectivity index (χ0) is 8.15. The number of hydrogen-bond donors (Lipinski definition) is 0. The summed E-state index contributed by atoms with van der Waals surface area (Å²) in [5.41, 5.74) is 0. The van der Waals surface area contributed by atoms with Crippen molar-refractivity contribution in [2.45, 2.75) is 13.8 Å². The third-order valence-corrected chi connectivity index (χ3v) is 1.19. The first kappa shape index (κ1) is 9.36. The number of esters is 2. The molecule has 0 aromatic carbocycles. The van der Waals surface area contributed by atoms with Crippen molar-refractivity contribution >= 4 is 27.9 Å². The first-order valence-corrected chi connectivity index (χ1v) is 3.63. The van der Waals surface area contributed by atoms with Crippen molar-refractivity contribution in [2.75, 3.05) is 0 Å². The van der Waals surface area contributed by atoms with Gasteiger partial charge in [-0.15, -0.1) is 0 Å². The zero-order valence-corrected chi connectivity index (χ0v) is 7.27. The highest BCUT2D eigenvalue weighted by molar-refractivity contribution is 9.12. The van der Waals surface area contributed by atoms with Gasteiger partial charge < -0.3 is 4.74 Å². The lowest BCUT2D eigenvalue weighted by Gasteiger charge is -1.82. The number of carbonyl (C=O) groups is 2. The lowest BCUT2D eigenvalue weighted by atomic mass is 10.6. The molecule has 1 aliphatic rings. The van der Waals surface area contributed by atoms with Crippen molar-refractivity contribution in [3.63, 3.8) is 0 Å². The molecule has 0 unspecified atom stereocenters. The summed E-state index contributed by atoms with van der Waals surface area (Å²) in [5, 5.41) is 0. The molecular weight excluding hydrogens is 200 g/mol. The zero-order valence-electron chi connectivity index (χ0n) is 5.68. The number of carbonyl (C=O) groups excluding carboxylic acids is 2. The summed E-state index contributed by atoms with van der Waals surface area (Å²) in [6, 6.07) is 0. The van der Waals surface area contributed by atoms with E-state index < -0.39 is 11.9 Å². The Morgan fingerprint density at radius 3 is 2.00 bits per heavy atom. The van der Waals surface area contributed by atoms with Crippen LogP contribution in [0.3, 0.4) is 0 Å². The number of halogens is 1. The van der Waals surface area contributed by atoms with E-state index in [9.17, 15) is 9.59 Å². The Bertz CT molecular complexity index is 183. The average molecular weight is 207 g/mol. The van der Waals surface area contributed by atoms with Crippen molar-refractivity contribution in [3.05, 3.63) is 10.6 Å².